The summed E-state index contributed by atoms with van der Waals surface area (Å²) >= 11 is 0. The van der Waals surface area contributed by atoms with E-state index in [0.29, 0.717) is 12.2 Å². The van der Waals surface area contributed by atoms with E-state index in [-0.39, 0.29) is 17.3 Å². The highest BCUT2D eigenvalue weighted by atomic mass is 16.6. The second-order valence-electron chi connectivity index (χ2n) is 5.72. The molecule has 0 amide bonds. The summed E-state index contributed by atoms with van der Waals surface area (Å²) in [6.07, 6.45) is 6.43. The highest BCUT2D eigenvalue weighted by Gasteiger charge is 2.71. The molecule has 0 radical (unpaired) electrons. The van der Waals surface area contributed by atoms with Crippen molar-refractivity contribution >= 4 is 11.8 Å². The Morgan fingerprint density at radius 3 is 2.75 bits per heavy atom. The summed E-state index contributed by atoms with van der Waals surface area (Å²) in [5.74, 6) is 0.263. The lowest BCUT2D eigenvalue weighted by Crippen LogP contribution is -2.63. The van der Waals surface area contributed by atoms with Gasteiger partial charge >= 0.3 is 5.97 Å². The summed E-state index contributed by atoms with van der Waals surface area (Å²) in [6, 6.07) is 0. The highest BCUT2D eigenvalue weighted by molar-refractivity contribution is 5.92. The minimum absolute atomic E-state index is 0.0135. The summed E-state index contributed by atoms with van der Waals surface area (Å²) in [4.78, 5) is 23.7. The monoisotopic (exact) mass is 222 g/mol. The van der Waals surface area contributed by atoms with Gasteiger partial charge in [-0.05, 0) is 39.0 Å². The maximum Gasteiger partial charge on any atom is 0.313 e. The van der Waals surface area contributed by atoms with Gasteiger partial charge in [0.2, 0.25) is 0 Å². The zero-order valence-corrected chi connectivity index (χ0v) is 9.75. The molecule has 16 heavy (non-hydrogen) atoms. The largest absolute Gasteiger partial charge is 0.457 e. The van der Waals surface area contributed by atoms with E-state index in [1.165, 1.54) is 0 Å². The van der Waals surface area contributed by atoms with E-state index in [1.807, 2.05) is 6.92 Å². The fourth-order valence-corrected chi connectivity index (χ4v) is 3.95. The van der Waals surface area contributed by atoms with Crippen molar-refractivity contribution in [3.63, 3.8) is 0 Å². The standard InChI is InChI=1S/C13H18O3/c1-12-8-6-9-11(15)16-13(9,12)7-4-2-3-5-10(12)14/h9H,2-8H2,1H3/t9-,12-,13+/m0/s1. The predicted molar refractivity (Wildman–Crippen MR) is 57.7 cm³/mol. The molecule has 3 rings (SSSR count). The lowest BCUT2D eigenvalue weighted by atomic mass is 9.63. The average molecular weight is 222 g/mol. The first-order valence-electron chi connectivity index (χ1n) is 6.36. The molecule has 2 saturated carbocycles. The highest BCUT2D eigenvalue weighted by Crippen LogP contribution is 2.61. The van der Waals surface area contributed by atoms with Gasteiger partial charge in [0.1, 0.15) is 11.4 Å². The molecule has 0 aromatic heterocycles. The van der Waals surface area contributed by atoms with E-state index < -0.39 is 5.60 Å². The van der Waals surface area contributed by atoms with Gasteiger partial charge in [-0.1, -0.05) is 6.42 Å². The third kappa shape index (κ3) is 0.994. The van der Waals surface area contributed by atoms with Crippen molar-refractivity contribution < 1.29 is 14.3 Å². The molecular weight excluding hydrogens is 204 g/mol. The minimum Gasteiger partial charge on any atom is -0.457 e. The zero-order chi connectivity index (χ0) is 11.4. The van der Waals surface area contributed by atoms with Gasteiger partial charge in [-0.2, -0.15) is 0 Å². The molecule has 88 valence electrons. The first-order chi connectivity index (χ1) is 7.60. The van der Waals surface area contributed by atoms with Crippen LogP contribution in [0.4, 0.5) is 0 Å². The zero-order valence-electron chi connectivity index (χ0n) is 9.75. The average Bonchev–Trinajstić information content (AvgIpc) is 2.45. The Kier molecular flexibility index (Phi) is 1.99. The van der Waals surface area contributed by atoms with Crippen LogP contribution in [0.2, 0.25) is 0 Å². The molecule has 0 bridgehead atoms. The Morgan fingerprint density at radius 1 is 1.19 bits per heavy atom. The topological polar surface area (TPSA) is 43.4 Å². The Bertz CT molecular complexity index is 362. The van der Waals surface area contributed by atoms with Crippen molar-refractivity contribution in [1.29, 1.82) is 0 Å². The van der Waals surface area contributed by atoms with Crippen LogP contribution < -0.4 is 0 Å². The van der Waals surface area contributed by atoms with Gasteiger partial charge in [0.15, 0.2) is 0 Å². The molecule has 3 fully saturated rings. The number of ether oxygens (including phenoxy) is 1. The van der Waals surface area contributed by atoms with Crippen molar-refractivity contribution in [1.82, 2.24) is 0 Å². The van der Waals surface area contributed by atoms with Crippen molar-refractivity contribution in [2.24, 2.45) is 11.3 Å². The fraction of sp³-hybridized carbons (Fsp3) is 0.846. The van der Waals surface area contributed by atoms with Crippen LogP contribution in [-0.4, -0.2) is 17.4 Å². The van der Waals surface area contributed by atoms with Crippen molar-refractivity contribution in [3.05, 3.63) is 0 Å². The van der Waals surface area contributed by atoms with Crippen LogP contribution in [-0.2, 0) is 14.3 Å². The molecule has 1 spiro atoms. The van der Waals surface area contributed by atoms with E-state index in [2.05, 4.69) is 0 Å². The second kappa shape index (κ2) is 3.08. The molecule has 3 atom stereocenters. The van der Waals surface area contributed by atoms with E-state index in [4.69, 9.17) is 4.74 Å². The van der Waals surface area contributed by atoms with Gasteiger partial charge in [-0.3, -0.25) is 9.59 Å². The Labute approximate surface area is 95.5 Å². The quantitative estimate of drug-likeness (QED) is 0.590. The summed E-state index contributed by atoms with van der Waals surface area (Å²) in [5.41, 5.74) is -0.798. The molecule has 0 N–H and O–H groups in total. The fourth-order valence-electron chi connectivity index (χ4n) is 3.95. The number of esters is 1. The Balaban J connectivity index is 2.00. The number of Topliss-reactive ketones (excluding diaryl/α,β-unsaturated/α-hetero) is 1. The number of rotatable bonds is 0. The normalized spacial score (nSPS) is 47.2. The molecule has 0 aromatic rings. The minimum atomic E-state index is -0.415. The lowest BCUT2D eigenvalue weighted by molar-refractivity contribution is -0.229. The maximum absolute atomic E-state index is 12.3. The van der Waals surface area contributed by atoms with Gasteiger partial charge in [-0.25, -0.2) is 0 Å². The SMILES string of the molecule is C[C@@]12CC[C@H]3C(=O)O[C@]31CCCCCC2=O. The molecule has 0 unspecified atom stereocenters. The molecule has 1 aliphatic heterocycles. The van der Waals surface area contributed by atoms with Gasteiger partial charge < -0.3 is 4.74 Å². The second-order valence-corrected chi connectivity index (χ2v) is 5.72. The van der Waals surface area contributed by atoms with Crippen LogP contribution in [0.3, 0.4) is 0 Å². The molecule has 3 nitrogen and oxygen atoms in total. The van der Waals surface area contributed by atoms with Gasteiger partial charge in [0.25, 0.3) is 0 Å². The Hall–Kier alpha value is -0.860. The summed E-state index contributed by atoms with van der Waals surface area (Å²) in [5, 5.41) is 0. The third-order valence-electron chi connectivity index (χ3n) is 5.06. The van der Waals surface area contributed by atoms with E-state index in [1.54, 1.807) is 0 Å². The molecular formula is C13H18O3. The summed E-state index contributed by atoms with van der Waals surface area (Å²) < 4.78 is 5.50. The van der Waals surface area contributed by atoms with E-state index >= 15 is 0 Å². The summed E-state index contributed by atoms with van der Waals surface area (Å²) in [6.45, 7) is 2.02. The predicted octanol–water partition coefficient (Wildman–Crippen LogP) is 2.23. The molecule has 1 heterocycles. The van der Waals surface area contributed by atoms with Gasteiger partial charge in [0, 0.05) is 6.42 Å². The van der Waals surface area contributed by atoms with Crippen LogP contribution in [0.15, 0.2) is 0 Å². The molecule has 3 heteroatoms. The molecule has 1 saturated heterocycles. The van der Waals surface area contributed by atoms with Crippen LogP contribution in [0.5, 0.6) is 0 Å². The van der Waals surface area contributed by atoms with Crippen LogP contribution in [0.25, 0.3) is 0 Å². The third-order valence-corrected chi connectivity index (χ3v) is 5.06. The van der Waals surface area contributed by atoms with E-state index in [0.717, 1.165) is 38.5 Å². The van der Waals surface area contributed by atoms with Crippen LogP contribution >= 0.6 is 0 Å². The van der Waals surface area contributed by atoms with Gasteiger partial charge in [0.05, 0.1) is 11.3 Å². The van der Waals surface area contributed by atoms with E-state index in [9.17, 15) is 9.59 Å². The Morgan fingerprint density at radius 2 is 2.00 bits per heavy atom. The van der Waals surface area contributed by atoms with Crippen molar-refractivity contribution in [2.75, 3.05) is 0 Å². The van der Waals surface area contributed by atoms with Crippen LogP contribution in [0, 0.1) is 11.3 Å². The first kappa shape index (κ1) is 10.3. The molecule has 0 aromatic carbocycles. The van der Waals surface area contributed by atoms with Crippen molar-refractivity contribution in [3.8, 4) is 0 Å². The number of hydrogen-bond donors (Lipinski definition) is 0. The lowest BCUT2D eigenvalue weighted by Gasteiger charge is -2.52. The van der Waals surface area contributed by atoms with Gasteiger partial charge in [-0.15, -0.1) is 0 Å². The smallest absolute Gasteiger partial charge is 0.313 e. The number of hydrogen-bond acceptors (Lipinski definition) is 3. The maximum atomic E-state index is 12.3. The first-order valence-corrected chi connectivity index (χ1v) is 6.36. The number of carbonyl (C=O) groups excluding carboxylic acids is 2. The van der Waals surface area contributed by atoms with Crippen molar-refractivity contribution in [2.45, 2.75) is 57.5 Å². The summed E-state index contributed by atoms with van der Waals surface area (Å²) in [7, 11) is 0. The number of ketones is 1. The molecule has 2 aliphatic carbocycles. The number of carbonyl (C=O) groups is 2. The van der Waals surface area contributed by atoms with Crippen LogP contribution in [0.1, 0.15) is 51.9 Å². The molecule has 3 aliphatic rings.